The average Bonchev–Trinajstić information content (AvgIpc) is 2.61. The first-order chi connectivity index (χ1) is 11.4. The van der Waals surface area contributed by atoms with Gasteiger partial charge >= 0.3 is 0 Å². The van der Waals surface area contributed by atoms with E-state index >= 15 is 0 Å². The van der Waals surface area contributed by atoms with Gasteiger partial charge in [-0.1, -0.05) is 34.6 Å². The third-order valence-corrected chi connectivity index (χ3v) is 5.02. The third-order valence-electron chi connectivity index (χ3n) is 5.02. The van der Waals surface area contributed by atoms with Gasteiger partial charge in [0.1, 0.15) is 5.78 Å². The zero-order valence-corrected chi connectivity index (χ0v) is 17.0. The summed E-state index contributed by atoms with van der Waals surface area (Å²) in [6.45, 7) is 17.7. The second-order valence-corrected chi connectivity index (χ2v) is 6.58. The molecule has 2 saturated heterocycles. The minimum Gasteiger partial charge on any atom is -0.342 e. The number of piperazine rings is 1. The Balaban J connectivity index is 0.00000123. The minimum absolute atomic E-state index is 0.218. The van der Waals surface area contributed by atoms with E-state index in [1.165, 1.54) is 0 Å². The van der Waals surface area contributed by atoms with Gasteiger partial charge in [-0.2, -0.15) is 0 Å². The Morgan fingerprint density at radius 1 is 0.875 bits per heavy atom. The van der Waals surface area contributed by atoms with Crippen molar-refractivity contribution in [2.45, 2.75) is 54.4 Å². The predicted octanol–water partition coefficient (Wildman–Crippen LogP) is 2.50. The van der Waals surface area contributed by atoms with E-state index in [9.17, 15) is 9.59 Å². The molecule has 0 aromatic heterocycles. The lowest BCUT2D eigenvalue weighted by Crippen LogP contribution is -2.51. The van der Waals surface area contributed by atoms with Gasteiger partial charge in [-0.25, -0.2) is 0 Å². The SMILES string of the molecule is CC.CC.CC(=O)C1(C)CCN(C(=O)CN2CCN(C)CC2)CC1. The first-order valence-electron chi connectivity index (χ1n) is 9.60. The number of likely N-dealkylation sites (tertiary alicyclic amines) is 1. The van der Waals surface area contributed by atoms with Crippen molar-refractivity contribution in [1.82, 2.24) is 14.7 Å². The van der Waals surface area contributed by atoms with Gasteiger partial charge in [0.25, 0.3) is 0 Å². The van der Waals surface area contributed by atoms with Gasteiger partial charge in [-0.15, -0.1) is 0 Å². The molecule has 0 bridgehead atoms. The number of carbonyl (C=O) groups is 2. The zero-order chi connectivity index (χ0) is 18.8. The maximum atomic E-state index is 12.3. The van der Waals surface area contributed by atoms with Crippen LogP contribution in [0.1, 0.15) is 54.4 Å². The van der Waals surface area contributed by atoms with Crippen molar-refractivity contribution in [2.24, 2.45) is 5.41 Å². The Labute approximate surface area is 149 Å². The van der Waals surface area contributed by atoms with E-state index in [2.05, 4.69) is 16.8 Å². The summed E-state index contributed by atoms with van der Waals surface area (Å²) in [5, 5.41) is 0. The number of rotatable bonds is 3. The molecule has 0 aliphatic carbocycles. The second kappa shape index (κ2) is 11.6. The summed E-state index contributed by atoms with van der Waals surface area (Å²) < 4.78 is 0. The highest BCUT2D eigenvalue weighted by molar-refractivity contribution is 5.83. The summed E-state index contributed by atoms with van der Waals surface area (Å²) in [5.74, 6) is 0.476. The van der Waals surface area contributed by atoms with Gasteiger partial charge in [-0.3, -0.25) is 14.5 Å². The van der Waals surface area contributed by atoms with Gasteiger partial charge in [0.15, 0.2) is 0 Å². The molecule has 142 valence electrons. The van der Waals surface area contributed by atoms with Crippen LogP contribution in [0.15, 0.2) is 0 Å². The Kier molecular flexibility index (Phi) is 11.1. The molecule has 5 heteroatoms. The molecule has 2 heterocycles. The van der Waals surface area contributed by atoms with Crippen LogP contribution in [0.3, 0.4) is 0 Å². The van der Waals surface area contributed by atoms with Crippen molar-refractivity contribution in [1.29, 1.82) is 0 Å². The molecule has 0 spiro atoms. The molecule has 2 rings (SSSR count). The molecular formula is C19H39N3O2. The molecule has 24 heavy (non-hydrogen) atoms. The molecule has 2 aliphatic rings. The maximum absolute atomic E-state index is 12.3. The molecule has 0 radical (unpaired) electrons. The summed E-state index contributed by atoms with van der Waals surface area (Å²) in [6.07, 6.45) is 1.60. The first-order valence-corrected chi connectivity index (χ1v) is 9.60. The number of carbonyl (C=O) groups excluding carboxylic acids is 2. The van der Waals surface area contributed by atoms with Crippen molar-refractivity contribution in [3.8, 4) is 0 Å². The molecular weight excluding hydrogens is 302 g/mol. The van der Waals surface area contributed by atoms with Crippen LogP contribution in [0, 0.1) is 5.41 Å². The topological polar surface area (TPSA) is 43.9 Å². The van der Waals surface area contributed by atoms with Crippen molar-refractivity contribution < 1.29 is 9.59 Å². The number of amides is 1. The smallest absolute Gasteiger partial charge is 0.236 e. The van der Waals surface area contributed by atoms with Crippen molar-refractivity contribution >= 4 is 11.7 Å². The monoisotopic (exact) mass is 341 g/mol. The normalized spacial score (nSPS) is 21.0. The molecule has 0 aromatic carbocycles. The Bertz CT molecular complexity index is 369. The Hall–Kier alpha value is -0.940. The van der Waals surface area contributed by atoms with Crippen LogP contribution in [0.2, 0.25) is 0 Å². The fourth-order valence-corrected chi connectivity index (χ4v) is 2.90. The molecule has 0 aromatic rings. The van der Waals surface area contributed by atoms with E-state index in [4.69, 9.17) is 0 Å². The maximum Gasteiger partial charge on any atom is 0.236 e. The molecule has 2 fully saturated rings. The van der Waals surface area contributed by atoms with E-state index < -0.39 is 0 Å². The molecule has 0 unspecified atom stereocenters. The van der Waals surface area contributed by atoms with E-state index in [0.717, 1.165) is 52.1 Å². The average molecular weight is 342 g/mol. The van der Waals surface area contributed by atoms with Crippen LogP contribution in [-0.4, -0.2) is 79.3 Å². The minimum atomic E-state index is -0.218. The highest BCUT2D eigenvalue weighted by Gasteiger charge is 2.35. The summed E-state index contributed by atoms with van der Waals surface area (Å²) in [5.41, 5.74) is -0.218. The lowest BCUT2D eigenvalue weighted by atomic mass is 9.77. The summed E-state index contributed by atoms with van der Waals surface area (Å²) in [7, 11) is 2.12. The van der Waals surface area contributed by atoms with Crippen LogP contribution in [0.5, 0.6) is 0 Å². The summed E-state index contributed by atoms with van der Waals surface area (Å²) in [6, 6.07) is 0. The van der Waals surface area contributed by atoms with Crippen LogP contribution in [0.4, 0.5) is 0 Å². The molecule has 1 amide bonds. The van der Waals surface area contributed by atoms with Gasteiger partial charge in [-0.05, 0) is 26.8 Å². The second-order valence-electron chi connectivity index (χ2n) is 6.58. The van der Waals surface area contributed by atoms with E-state index in [-0.39, 0.29) is 17.1 Å². The number of nitrogens with zero attached hydrogens (tertiary/aromatic N) is 3. The fraction of sp³-hybridized carbons (Fsp3) is 0.895. The number of Topliss-reactive ketones (excluding diaryl/α,β-unsaturated/α-hetero) is 1. The van der Waals surface area contributed by atoms with Crippen LogP contribution in [0.25, 0.3) is 0 Å². The van der Waals surface area contributed by atoms with E-state index in [0.29, 0.717) is 6.54 Å². The number of hydrogen-bond acceptors (Lipinski definition) is 4. The van der Waals surface area contributed by atoms with Crippen LogP contribution < -0.4 is 0 Å². The predicted molar refractivity (Wildman–Crippen MR) is 101 cm³/mol. The lowest BCUT2D eigenvalue weighted by molar-refractivity contribution is -0.138. The first kappa shape index (κ1) is 23.1. The number of ketones is 1. The number of piperidine rings is 1. The summed E-state index contributed by atoms with van der Waals surface area (Å²) >= 11 is 0. The quantitative estimate of drug-likeness (QED) is 0.791. The van der Waals surface area contributed by atoms with E-state index in [1.807, 2.05) is 39.5 Å². The van der Waals surface area contributed by atoms with Gasteiger partial charge in [0, 0.05) is 44.7 Å². The van der Waals surface area contributed by atoms with Crippen molar-refractivity contribution in [2.75, 3.05) is 52.9 Å². The molecule has 0 N–H and O–H groups in total. The lowest BCUT2D eigenvalue weighted by Gasteiger charge is -2.39. The van der Waals surface area contributed by atoms with Crippen molar-refractivity contribution in [3.63, 3.8) is 0 Å². The molecule has 0 saturated carbocycles. The summed E-state index contributed by atoms with van der Waals surface area (Å²) in [4.78, 5) is 30.4. The van der Waals surface area contributed by atoms with Crippen LogP contribution >= 0.6 is 0 Å². The van der Waals surface area contributed by atoms with Crippen LogP contribution in [-0.2, 0) is 9.59 Å². The molecule has 2 aliphatic heterocycles. The van der Waals surface area contributed by atoms with Gasteiger partial charge in [0.05, 0.1) is 6.54 Å². The molecule has 0 atom stereocenters. The van der Waals surface area contributed by atoms with Gasteiger partial charge in [0.2, 0.25) is 5.91 Å². The van der Waals surface area contributed by atoms with Crippen molar-refractivity contribution in [3.05, 3.63) is 0 Å². The largest absolute Gasteiger partial charge is 0.342 e. The number of hydrogen-bond donors (Lipinski definition) is 0. The third kappa shape index (κ3) is 6.89. The standard InChI is InChI=1S/C15H27N3O2.2C2H6/c1-13(19)15(2)4-6-18(7-5-15)14(20)12-17-10-8-16(3)9-11-17;2*1-2/h4-12H2,1-3H3;2*1-2H3. The Morgan fingerprint density at radius 3 is 1.75 bits per heavy atom. The molecule has 5 nitrogen and oxygen atoms in total. The fourth-order valence-electron chi connectivity index (χ4n) is 2.90. The number of likely N-dealkylation sites (N-methyl/N-ethyl adjacent to an activating group) is 1. The zero-order valence-electron chi connectivity index (χ0n) is 17.0. The Morgan fingerprint density at radius 2 is 1.33 bits per heavy atom. The van der Waals surface area contributed by atoms with E-state index in [1.54, 1.807) is 6.92 Å². The van der Waals surface area contributed by atoms with Gasteiger partial charge < -0.3 is 9.80 Å². The highest BCUT2D eigenvalue weighted by Crippen LogP contribution is 2.31. The highest BCUT2D eigenvalue weighted by atomic mass is 16.2.